The summed E-state index contributed by atoms with van der Waals surface area (Å²) in [6.07, 6.45) is 6.28. The second kappa shape index (κ2) is 6.41. The molecule has 0 aliphatic rings. The van der Waals surface area contributed by atoms with E-state index < -0.39 is 0 Å². The third kappa shape index (κ3) is 3.06. The highest BCUT2D eigenvalue weighted by Crippen LogP contribution is 2.23. The van der Waals surface area contributed by atoms with Crippen LogP contribution in [0.5, 0.6) is 0 Å². The predicted molar refractivity (Wildman–Crippen MR) is 83.9 cm³/mol. The van der Waals surface area contributed by atoms with Crippen molar-refractivity contribution in [3.05, 3.63) is 66.4 Å². The number of aromatic nitrogens is 3. The number of fused-ring (bicyclic) bond motifs is 1. The third-order valence-corrected chi connectivity index (χ3v) is 3.46. The second-order valence-corrected chi connectivity index (χ2v) is 4.98. The summed E-state index contributed by atoms with van der Waals surface area (Å²) in [5.74, 6) is 0. The zero-order chi connectivity index (χ0) is 14.5. The van der Waals surface area contributed by atoms with Crippen LogP contribution in [0.4, 0.5) is 0 Å². The van der Waals surface area contributed by atoms with Crippen LogP contribution in [0.25, 0.3) is 10.9 Å². The Morgan fingerprint density at radius 2 is 2.05 bits per heavy atom. The molecule has 1 aromatic carbocycles. The van der Waals surface area contributed by atoms with E-state index in [1.165, 1.54) is 5.56 Å². The van der Waals surface area contributed by atoms with Crippen LogP contribution < -0.4 is 5.32 Å². The molecular weight excluding hydrogens is 260 g/mol. The van der Waals surface area contributed by atoms with Gasteiger partial charge in [0.2, 0.25) is 0 Å². The van der Waals surface area contributed by atoms with Crippen LogP contribution >= 0.6 is 0 Å². The van der Waals surface area contributed by atoms with Gasteiger partial charge in [-0.2, -0.15) is 0 Å². The van der Waals surface area contributed by atoms with Crippen molar-refractivity contribution in [1.82, 2.24) is 20.3 Å². The number of rotatable bonds is 5. The van der Waals surface area contributed by atoms with E-state index in [2.05, 4.69) is 51.5 Å². The van der Waals surface area contributed by atoms with E-state index in [0.717, 1.165) is 29.6 Å². The van der Waals surface area contributed by atoms with E-state index in [9.17, 15) is 0 Å². The van der Waals surface area contributed by atoms with Gasteiger partial charge in [-0.25, -0.2) is 9.97 Å². The van der Waals surface area contributed by atoms with Crippen molar-refractivity contribution in [2.75, 3.05) is 6.54 Å². The fourth-order valence-corrected chi connectivity index (χ4v) is 2.43. The first-order valence-electron chi connectivity index (χ1n) is 7.22. The summed E-state index contributed by atoms with van der Waals surface area (Å²) >= 11 is 0. The Morgan fingerprint density at radius 1 is 1.10 bits per heavy atom. The van der Waals surface area contributed by atoms with Crippen molar-refractivity contribution in [1.29, 1.82) is 0 Å². The second-order valence-electron chi connectivity index (χ2n) is 4.98. The van der Waals surface area contributed by atoms with E-state index in [1.54, 1.807) is 12.5 Å². The normalized spacial score (nSPS) is 12.4. The molecule has 21 heavy (non-hydrogen) atoms. The molecule has 0 aliphatic carbocycles. The summed E-state index contributed by atoms with van der Waals surface area (Å²) in [5.41, 5.74) is 3.20. The van der Waals surface area contributed by atoms with Crippen molar-refractivity contribution in [2.24, 2.45) is 0 Å². The summed E-state index contributed by atoms with van der Waals surface area (Å²) < 4.78 is 0. The average Bonchev–Trinajstić information content (AvgIpc) is 2.56. The van der Waals surface area contributed by atoms with Gasteiger partial charge in [0.25, 0.3) is 0 Å². The molecule has 1 atom stereocenters. The summed E-state index contributed by atoms with van der Waals surface area (Å²) in [4.78, 5) is 12.8. The minimum absolute atomic E-state index is 0.0811. The van der Waals surface area contributed by atoms with Gasteiger partial charge in [0.15, 0.2) is 0 Å². The number of nitrogens with one attached hydrogen (secondary N) is 1. The highest BCUT2D eigenvalue weighted by molar-refractivity contribution is 5.79. The Bertz CT molecular complexity index is 712. The molecule has 0 bridgehead atoms. The first kappa shape index (κ1) is 13.6. The molecule has 0 radical (unpaired) electrons. The molecule has 4 nitrogen and oxygen atoms in total. The van der Waals surface area contributed by atoms with Gasteiger partial charge in [0.05, 0.1) is 17.3 Å². The molecule has 3 rings (SSSR count). The molecule has 4 heteroatoms. The van der Waals surface area contributed by atoms with Gasteiger partial charge in [0.1, 0.15) is 6.33 Å². The lowest BCUT2D eigenvalue weighted by atomic mass is 10.0. The van der Waals surface area contributed by atoms with E-state index in [0.29, 0.717) is 0 Å². The number of benzene rings is 1. The maximum Gasteiger partial charge on any atom is 0.115 e. The van der Waals surface area contributed by atoms with Gasteiger partial charge in [-0.15, -0.1) is 0 Å². The molecular formula is C17H18N4. The van der Waals surface area contributed by atoms with Crippen LogP contribution in [0, 0.1) is 0 Å². The molecule has 0 fully saturated rings. The van der Waals surface area contributed by atoms with Gasteiger partial charge in [-0.1, -0.05) is 19.1 Å². The molecule has 106 valence electrons. The SMILES string of the molecule is CCCNC(c1ccc2ncccc2c1)c1ccncn1. The third-order valence-electron chi connectivity index (χ3n) is 3.46. The van der Waals surface area contributed by atoms with Crippen molar-refractivity contribution in [3.63, 3.8) is 0 Å². The Hall–Kier alpha value is -2.33. The van der Waals surface area contributed by atoms with Crippen LogP contribution in [-0.4, -0.2) is 21.5 Å². The van der Waals surface area contributed by atoms with Crippen LogP contribution in [-0.2, 0) is 0 Å². The zero-order valence-corrected chi connectivity index (χ0v) is 12.0. The monoisotopic (exact) mass is 278 g/mol. The van der Waals surface area contributed by atoms with Gasteiger partial charge >= 0.3 is 0 Å². The van der Waals surface area contributed by atoms with Gasteiger partial charge in [-0.05, 0) is 42.8 Å². The first-order valence-corrected chi connectivity index (χ1v) is 7.22. The summed E-state index contributed by atoms with van der Waals surface area (Å²) in [7, 11) is 0. The smallest absolute Gasteiger partial charge is 0.115 e. The molecule has 1 N–H and O–H groups in total. The molecule has 0 amide bonds. The van der Waals surface area contributed by atoms with Gasteiger partial charge < -0.3 is 5.32 Å². The summed E-state index contributed by atoms with van der Waals surface area (Å²) in [5, 5.41) is 4.70. The average molecular weight is 278 g/mol. The molecule has 2 aromatic heterocycles. The Balaban J connectivity index is 2.01. The number of pyridine rings is 1. The zero-order valence-electron chi connectivity index (χ0n) is 12.0. The quantitative estimate of drug-likeness (QED) is 0.779. The lowest BCUT2D eigenvalue weighted by molar-refractivity contribution is 0.585. The lowest BCUT2D eigenvalue weighted by Crippen LogP contribution is -2.24. The largest absolute Gasteiger partial charge is 0.305 e. The fraction of sp³-hybridized carbons (Fsp3) is 0.235. The van der Waals surface area contributed by atoms with Crippen LogP contribution in [0.15, 0.2) is 55.1 Å². The van der Waals surface area contributed by atoms with E-state index in [4.69, 9.17) is 0 Å². The Kier molecular flexibility index (Phi) is 4.17. The molecule has 0 saturated carbocycles. The minimum atomic E-state index is 0.0811. The number of hydrogen-bond acceptors (Lipinski definition) is 4. The van der Waals surface area contributed by atoms with Crippen molar-refractivity contribution < 1.29 is 0 Å². The highest BCUT2D eigenvalue weighted by atomic mass is 14.9. The topological polar surface area (TPSA) is 50.7 Å². The number of nitrogens with zero attached hydrogens (tertiary/aromatic N) is 3. The van der Waals surface area contributed by atoms with E-state index >= 15 is 0 Å². The van der Waals surface area contributed by atoms with Crippen LogP contribution in [0.1, 0.15) is 30.6 Å². The molecule has 0 saturated heterocycles. The Labute approximate surface area is 124 Å². The Morgan fingerprint density at radius 3 is 2.86 bits per heavy atom. The predicted octanol–water partition coefficient (Wildman–Crippen LogP) is 3.11. The standard InChI is InChI=1S/C17H18N4/c1-2-8-20-17(16-7-10-18-12-21-16)14-5-6-15-13(11-14)4-3-9-19-15/h3-7,9-12,17,20H,2,8H2,1H3. The molecule has 0 aliphatic heterocycles. The summed E-state index contributed by atoms with van der Waals surface area (Å²) in [6, 6.07) is 12.4. The fourth-order valence-electron chi connectivity index (χ4n) is 2.43. The van der Waals surface area contributed by atoms with Crippen molar-refractivity contribution >= 4 is 10.9 Å². The minimum Gasteiger partial charge on any atom is -0.305 e. The van der Waals surface area contributed by atoms with E-state index in [-0.39, 0.29) is 6.04 Å². The van der Waals surface area contributed by atoms with Gasteiger partial charge in [-0.3, -0.25) is 4.98 Å². The lowest BCUT2D eigenvalue weighted by Gasteiger charge is -2.18. The van der Waals surface area contributed by atoms with Gasteiger partial charge in [0, 0.05) is 17.8 Å². The first-order chi connectivity index (χ1) is 10.4. The maximum absolute atomic E-state index is 4.40. The van der Waals surface area contributed by atoms with Crippen LogP contribution in [0.3, 0.4) is 0 Å². The molecule has 1 unspecified atom stereocenters. The van der Waals surface area contributed by atoms with Crippen LogP contribution in [0.2, 0.25) is 0 Å². The molecule has 3 aromatic rings. The van der Waals surface area contributed by atoms with E-state index in [1.807, 2.05) is 18.3 Å². The van der Waals surface area contributed by atoms with Crippen molar-refractivity contribution in [3.8, 4) is 0 Å². The molecule has 2 heterocycles. The number of hydrogen-bond donors (Lipinski definition) is 1. The summed E-state index contributed by atoms with van der Waals surface area (Å²) in [6.45, 7) is 3.11. The molecule has 0 spiro atoms. The highest BCUT2D eigenvalue weighted by Gasteiger charge is 2.14. The maximum atomic E-state index is 4.40. The van der Waals surface area contributed by atoms with Crippen molar-refractivity contribution in [2.45, 2.75) is 19.4 Å².